The topological polar surface area (TPSA) is 57.7 Å². The van der Waals surface area contributed by atoms with E-state index in [0.717, 1.165) is 27.6 Å². The molecule has 5 heteroatoms. The Bertz CT molecular complexity index is 1060. The van der Waals surface area contributed by atoms with Crippen LogP contribution in [0.3, 0.4) is 0 Å². The number of pyridine rings is 1. The lowest BCUT2D eigenvalue weighted by Gasteiger charge is -2.06. The molecule has 0 saturated carbocycles. The van der Waals surface area contributed by atoms with Gasteiger partial charge in [-0.15, -0.1) is 0 Å². The average molecular weight is 305 g/mol. The van der Waals surface area contributed by atoms with E-state index >= 15 is 0 Å². The van der Waals surface area contributed by atoms with Crippen molar-refractivity contribution in [3.05, 3.63) is 46.8 Å². The molecule has 1 aliphatic carbocycles. The summed E-state index contributed by atoms with van der Waals surface area (Å²) >= 11 is 0. The Morgan fingerprint density at radius 3 is 2.96 bits per heavy atom. The van der Waals surface area contributed by atoms with Gasteiger partial charge < -0.3 is 14.2 Å². The van der Waals surface area contributed by atoms with Gasteiger partial charge in [-0.3, -0.25) is 9.78 Å². The fourth-order valence-electron chi connectivity index (χ4n) is 3.39. The normalized spacial score (nSPS) is 13.3. The summed E-state index contributed by atoms with van der Waals surface area (Å²) in [5, 5.41) is 1.91. The van der Waals surface area contributed by atoms with Gasteiger partial charge in [0.15, 0.2) is 17.2 Å². The third-order valence-electron chi connectivity index (χ3n) is 4.34. The average Bonchev–Trinajstić information content (AvgIpc) is 3.11. The molecule has 2 heterocycles. The third-order valence-corrected chi connectivity index (χ3v) is 4.34. The van der Waals surface area contributed by atoms with Crippen molar-refractivity contribution in [3.8, 4) is 39.6 Å². The molecule has 1 aromatic heterocycles. The van der Waals surface area contributed by atoms with Crippen LogP contribution in [0, 0.1) is 0 Å². The number of hydrogen-bond acceptors (Lipinski definition) is 5. The molecular formula is C18H11NO4. The van der Waals surface area contributed by atoms with Crippen molar-refractivity contribution in [3.63, 3.8) is 0 Å². The Morgan fingerprint density at radius 2 is 2.09 bits per heavy atom. The van der Waals surface area contributed by atoms with Crippen LogP contribution >= 0.6 is 0 Å². The van der Waals surface area contributed by atoms with Gasteiger partial charge in [0.05, 0.1) is 12.8 Å². The summed E-state index contributed by atoms with van der Waals surface area (Å²) in [5.41, 5.74) is 2.74. The molecule has 1 aliphatic heterocycles. The molecule has 23 heavy (non-hydrogen) atoms. The highest BCUT2D eigenvalue weighted by Gasteiger charge is 2.32. The van der Waals surface area contributed by atoms with E-state index in [2.05, 4.69) is 4.98 Å². The maximum Gasteiger partial charge on any atom is 0.231 e. The Balaban J connectivity index is 2.05. The maximum atomic E-state index is 13.0. The Labute approximate surface area is 131 Å². The predicted molar refractivity (Wildman–Crippen MR) is 85.1 cm³/mol. The van der Waals surface area contributed by atoms with E-state index < -0.39 is 0 Å². The summed E-state index contributed by atoms with van der Waals surface area (Å²) in [6.45, 7) is 0.154. The lowest BCUT2D eigenvalue weighted by atomic mass is 10.0. The van der Waals surface area contributed by atoms with Crippen LogP contribution in [0.25, 0.3) is 33.2 Å². The monoisotopic (exact) mass is 305 g/mol. The van der Waals surface area contributed by atoms with Gasteiger partial charge in [0.25, 0.3) is 0 Å². The summed E-state index contributed by atoms with van der Waals surface area (Å²) in [7, 11) is 1.49. The molecule has 0 radical (unpaired) electrons. The highest BCUT2D eigenvalue weighted by Crippen LogP contribution is 2.53. The Morgan fingerprint density at radius 1 is 1.17 bits per heavy atom. The number of methoxy groups -OCH3 is 1. The number of ether oxygens (including phenoxy) is 3. The highest BCUT2D eigenvalue weighted by atomic mass is 16.7. The standard InChI is InChI=1S/C18H11NO4/c1-21-11-4-2-3-10-14(17(11)20)15-13-9(5-6-19-16(10)13)7-12-18(15)23-8-22-12/h2-7H,8H2,1H3. The molecule has 0 bridgehead atoms. The molecule has 0 saturated heterocycles. The zero-order valence-electron chi connectivity index (χ0n) is 12.3. The largest absolute Gasteiger partial charge is 0.493 e. The summed E-state index contributed by atoms with van der Waals surface area (Å²) in [6, 6.07) is 9.21. The molecule has 5 nitrogen and oxygen atoms in total. The molecule has 112 valence electrons. The number of hydrogen-bond donors (Lipinski definition) is 0. The van der Waals surface area contributed by atoms with Gasteiger partial charge >= 0.3 is 0 Å². The number of fused-ring (bicyclic) bond motifs is 5. The summed E-state index contributed by atoms with van der Waals surface area (Å²) in [6.07, 6.45) is 1.74. The smallest absolute Gasteiger partial charge is 0.231 e. The van der Waals surface area contributed by atoms with Crippen molar-refractivity contribution in [1.82, 2.24) is 4.98 Å². The van der Waals surface area contributed by atoms with E-state index in [0.29, 0.717) is 22.8 Å². The second-order valence-electron chi connectivity index (χ2n) is 5.45. The Hall–Kier alpha value is -3.08. The molecule has 5 rings (SSSR count). The van der Waals surface area contributed by atoms with Crippen LogP contribution in [-0.2, 0) is 0 Å². The number of benzene rings is 1. The first-order chi connectivity index (χ1) is 11.3. The van der Waals surface area contributed by atoms with Gasteiger partial charge in [-0.05, 0) is 23.6 Å². The SMILES string of the molecule is COc1cccc2c(c1=O)-c1c3c(cc4ccnc-2c14)OCO3. The Kier molecular flexibility index (Phi) is 2.29. The second-order valence-corrected chi connectivity index (χ2v) is 5.45. The first kappa shape index (κ1) is 12.5. The molecule has 0 spiro atoms. The minimum atomic E-state index is -0.171. The molecule has 0 fully saturated rings. The fourth-order valence-corrected chi connectivity index (χ4v) is 3.39. The van der Waals surface area contributed by atoms with Crippen LogP contribution in [0.4, 0.5) is 0 Å². The van der Waals surface area contributed by atoms with E-state index in [4.69, 9.17) is 14.2 Å². The lowest BCUT2D eigenvalue weighted by Crippen LogP contribution is -2.05. The molecule has 2 aromatic carbocycles. The van der Waals surface area contributed by atoms with E-state index in [1.165, 1.54) is 7.11 Å². The second kappa shape index (κ2) is 4.23. The number of nitrogens with zero attached hydrogens (tertiary/aromatic N) is 1. The van der Waals surface area contributed by atoms with Gasteiger partial charge in [-0.1, -0.05) is 12.1 Å². The van der Waals surface area contributed by atoms with Gasteiger partial charge in [0.1, 0.15) is 0 Å². The zero-order chi connectivity index (χ0) is 15.6. The van der Waals surface area contributed by atoms with Crippen LogP contribution in [0.5, 0.6) is 17.2 Å². The molecule has 0 unspecified atom stereocenters. The van der Waals surface area contributed by atoms with Crippen molar-refractivity contribution in [2.24, 2.45) is 0 Å². The third kappa shape index (κ3) is 1.46. The first-order valence-electron chi connectivity index (χ1n) is 7.23. The lowest BCUT2D eigenvalue weighted by molar-refractivity contribution is 0.174. The minimum absolute atomic E-state index is 0.154. The number of aromatic nitrogens is 1. The van der Waals surface area contributed by atoms with Crippen molar-refractivity contribution in [2.45, 2.75) is 0 Å². The predicted octanol–water partition coefficient (Wildman–Crippen LogP) is 2.98. The number of rotatable bonds is 1. The van der Waals surface area contributed by atoms with Gasteiger partial charge in [-0.25, -0.2) is 0 Å². The summed E-state index contributed by atoms with van der Waals surface area (Å²) < 4.78 is 16.4. The van der Waals surface area contributed by atoms with Crippen LogP contribution in [0.1, 0.15) is 0 Å². The highest BCUT2D eigenvalue weighted by molar-refractivity contribution is 6.16. The van der Waals surface area contributed by atoms with E-state index in [-0.39, 0.29) is 12.2 Å². The van der Waals surface area contributed by atoms with Crippen molar-refractivity contribution >= 4 is 10.8 Å². The van der Waals surface area contributed by atoms with E-state index in [1.54, 1.807) is 12.3 Å². The van der Waals surface area contributed by atoms with Gasteiger partial charge in [-0.2, -0.15) is 0 Å². The molecule has 0 amide bonds. The minimum Gasteiger partial charge on any atom is -0.493 e. The molecular weight excluding hydrogens is 294 g/mol. The quantitative estimate of drug-likeness (QED) is 0.541. The zero-order valence-corrected chi connectivity index (χ0v) is 12.3. The first-order valence-corrected chi connectivity index (χ1v) is 7.23. The van der Waals surface area contributed by atoms with Crippen molar-refractivity contribution < 1.29 is 14.2 Å². The summed E-state index contributed by atoms with van der Waals surface area (Å²) in [5.74, 6) is 1.56. The van der Waals surface area contributed by atoms with E-state index in [1.807, 2.05) is 24.3 Å². The van der Waals surface area contributed by atoms with Crippen LogP contribution in [-0.4, -0.2) is 18.9 Å². The molecule has 0 N–H and O–H groups in total. The van der Waals surface area contributed by atoms with Crippen LogP contribution in [0.2, 0.25) is 0 Å². The molecule has 3 aromatic rings. The van der Waals surface area contributed by atoms with Gasteiger partial charge in [0, 0.05) is 28.3 Å². The molecule has 2 aliphatic rings. The van der Waals surface area contributed by atoms with Gasteiger partial charge in [0.2, 0.25) is 12.2 Å². The maximum absolute atomic E-state index is 13.0. The van der Waals surface area contributed by atoms with Crippen molar-refractivity contribution in [2.75, 3.05) is 13.9 Å². The summed E-state index contributed by atoms with van der Waals surface area (Å²) in [4.78, 5) is 17.4. The fraction of sp³-hybridized carbons (Fsp3) is 0.111. The van der Waals surface area contributed by atoms with Crippen LogP contribution < -0.4 is 19.6 Å². The van der Waals surface area contributed by atoms with Crippen molar-refractivity contribution in [1.29, 1.82) is 0 Å². The molecule has 0 atom stereocenters. The van der Waals surface area contributed by atoms with E-state index in [9.17, 15) is 4.79 Å². The van der Waals surface area contributed by atoms with Crippen LogP contribution in [0.15, 0.2) is 41.3 Å².